The second kappa shape index (κ2) is 6.66. The van der Waals surface area contributed by atoms with Gasteiger partial charge in [-0.2, -0.15) is 0 Å². The van der Waals surface area contributed by atoms with E-state index >= 15 is 0 Å². The summed E-state index contributed by atoms with van der Waals surface area (Å²) < 4.78 is 1.08. The molecule has 0 amide bonds. The Hall–Kier alpha value is -0.610. The van der Waals surface area contributed by atoms with Gasteiger partial charge in [0.25, 0.3) is 0 Å². The number of nitrogens with zero attached hydrogens (tertiary/aromatic N) is 2. The Kier molecular flexibility index (Phi) is 4.85. The molecule has 1 aromatic rings. The van der Waals surface area contributed by atoms with Gasteiger partial charge in [0.2, 0.25) is 0 Å². The van der Waals surface area contributed by atoms with Crippen molar-refractivity contribution in [1.29, 1.82) is 0 Å². The summed E-state index contributed by atoms with van der Waals surface area (Å²) in [6.45, 7) is 8.86. The molecule has 3 nitrogen and oxygen atoms in total. The number of halogens is 1. The molecule has 116 valence electrons. The molecule has 21 heavy (non-hydrogen) atoms. The van der Waals surface area contributed by atoms with Gasteiger partial charge in [0.1, 0.15) is 5.82 Å². The van der Waals surface area contributed by atoms with Gasteiger partial charge in [0.05, 0.1) is 0 Å². The molecule has 1 saturated carbocycles. The fraction of sp³-hybridized carbons (Fsp3) is 0.706. The molecule has 1 aliphatic carbocycles. The van der Waals surface area contributed by atoms with Gasteiger partial charge in [-0.3, -0.25) is 0 Å². The molecule has 2 heterocycles. The number of pyridine rings is 1. The summed E-state index contributed by atoms with van der Waals surface area (Å²) in [4.78, 5) is 7.25. The molecule has 1 aromatic heterocycles. The van der Waals surface area contributed by atoms with Crippen LogP contribution in [0, 0.1) is 17.8 Å². The van der Waals surface area contributed by atoms with Crippen molar-refractivity contribution in [3.63, 3.8) is 0 Å². The molecule has 0 bridgehead atoms. The zero-order chi connectivity index (χ0) is 14.8. The average molecular weight is 352 g/mol. The molecule has 1 aliphatic heterocycles. The second-order valence-electron chi connectivity index (χ2n) is 7.02. The molecule has 1 N–H and O–H groups in total. The van der Waals surface area contributed by atoms with Crippen LogP contribution in [-0.2, 0) is 6.54 Å². The topological polar surface area (TPSA) is 28.2 Å². The van der Waals surface area contributed by atoms with Crippen LogP contribution in [-0.4, -0.2) is 24.6 Å². The Morgan fingerprint density at radius 2 is 2.05 bits per heavy atom. The smallest absolute Gasteiger partial charge is 0.133 e. The van der Waals surface area contributed by atoms with E-state index in [1.54, 1.807) is 0 Å². The Morgan fingerprint density at radius 1 is 1.33 bits per heavy atom. The molecule has 0 radical (unpaired) electrons. The first-order valence-corrected chi connectivity index (χ1v) is 9.03. The maximum Gasteiger partial charge on any atom is 0.133 e. The van der Waals surface area contributed by atoms with Crippen LogP contribution in [0.3, 0.4) is 0 Å². The SMILES string of the molecule is CC(C)CNCc1cc(Br)cnc1N1CC2CCCC2C1. The van der Waals surface area contributed by atoms with Gasteiger partial charge >= 0.3 is 0 Å². The van der Waals surface area contributed by atoms with Crippen LogP contribution in [0.1, 0.15) is 38.7 Å². The molecular formula is C17H26BrN3. The highest BCUT2D eigenvalue weighted by molar-refractivity contribution is 9.10. The Morgan fingerprint density at radius 3 is 2.71 bits per heavy atom. The highest BCUT2D eigenvalue weighted by Crippen LogP contribution is 2.40. The van der Waals surface area contributed by atoms with E-state index in [0.29, 0.717) is 5.92 Å². The van der Waals surface area contributed by atoms with Gasteiger partial charge in [-0.15, -0.1) is 0 Å². The highest BCUT2D eigenvalue weighted by atomic mass is 79.9. The Balaban J connectivity index is 1.72. The first-order chi connectivity index (χ1) is 10.1. The van der Waals surface area contributed by atoms with Gasteiger partial charge in [0.15, 0.2) is 0 Å². The molecular weight excluding hydrogens is 326 g/mol. The molecule has 2 aliphatic rings. The minimum atomic E-state index is 0.680. The Labute approximate surface area is 136 Å². The zero-order valence-electron chi connectivity index (χ0n) is 13.1. The summed E-state index contributed by atoms with van der Waals surface area (Å²) in [6, 6.07) is 2.23. The maximum atomic E-state index is 4.72. The maximum absolute atomic E-state index is 4.72. The standard InChI is InChI=1S/C17H26BrN3/c1-12(2)7-19-8-15-6-16(18)9-20-17(15)21-10-13-4-3-5-14(13)11-21/h6,9,12-14,19H,3-5,7-8,10-11H2,1-2H3. The number of nitrogens with one attached hydrogen (secondary N) is 1. The van der Waals surface area contributed by atoms with E-state index in [-0.39, 0.29) is 0 Å². The lowest BCUT2D eigenvalue weighted by atomic mass is 10.0. The predicted octanol–water partition coefficient (Wildman–Crippen LogP) is 3.83. The average Bonchev–Trinajstić information content (AvgIpc) is 2.99. The number of fused-ring (bicyclic) bond motifs is 1. The van der Waals surface area contributed by atoms with E-state index in [2.05, 4.69) is 46.1 Å². The lowest BCUT2D eigenvalue weighted by Gasteiger charge is -2.22. The van der Waals surface area contributed by atoms with Crippen LogP contribution in [0.5, 0.6) is 0 Å². The van der Waals surface area contributed by atoms with Crippen molar-refractivity contribution in [1.82, 2.24) is 10.3 Å². The predicted molar refractivity (Wildman–Crippen MR) is 91.5 cm³/mol. The number of aromatic nitrogens is 1. The van der Waals surface area contributed by atoms with Gasteiger partial charge in [0, 0.05) is 35.9 Å². The summed E-state index contributed by atoms with van der Waals surface area (Å²) in [7, 11) is 0. The number of hydrogen-bond donors (Lipinski definition) is 1. The quantitative estimate of drug-likeness (QED) is 0.873. The third kappa shape index (κ3) is 3.59. The molecule has 3 rings (SSSR count). The van der Waals surface area contributed by atoms with Crippen molar-refractivity contribution < 1.29 is 0 Å². The van der Waals surface area contributed by atoms with E-state index in [1.165, 1.54) is 43.7 Å². The van der Waals surface area contributed by atoms with Crippen LogP contribution >= 0.6 is 15.9 Å². The van der Waals surface area contributed by atoms with Crippen molar-refractivity contribution in [3.8, 4) is 0 Å². The number of anilines is 1. The van der Waals surface area contributed by atoms with E-state index < -0.39 is 0 Å². The zero-order valence-corrected chi connectivity index (χ0v) is 14.7. The van der Waals surface area contributed by atoms with Crippen molar-refractivity contribution >= 4 is 21.7 Å². The van der Waals surface area contributed by atoms with Crippen molar-refractivity contribution in [2.45, 2.75) is 39.7 Å². The third-order valence-corrected chi connectivity index (χ3v) is 5.24. The van der Waals surface area contributed by atoms with Crippen LogP contribution < -0.4 is 10.2 Å². The van der Waals surface area contributed by atoms with Crippen molar-refractivity contribution in [2.24, 2.45) is 17.8 Å². The summed E-state index contributed by atoms with van der Waals surface area (Å²) in [5, 5.41) is 3.56. The molecule has 0 aromatic carbocycles. The molecule has 2 atom stereocenters. The fourth-order valence-electron chi connectivity index (χ4n) is 3.79. The lowest BCUT2D eigenvalue weighted by Crippen LogP contribution is -2.26. The normalized spacial score (nSPS) is 24.9. The van der Waals surface area contributed by atoms with Crippen molar-refractivity contribution in [3.05, 3.63) is 22.3 Å². The minimum absolute atomic E-state index is 0.680. The summed E-state index contributed by atoms with van der Waals surface area (Å²) >= 11 is 3.57. The highest BCUT2D eigenvalue weighted by Gasteiger charge is 2.37. The van der Waals surface area contributed by atoms with Crippen molar-refractivity contribution in [2.75, 3.05) is 24.5 Å². The van der Waals surface area contributed by atoms with Gasteiger partial charge in [-0.25, -0.2) is 4.98 Å². The third-order valence-electron chi connectivity index (χ3n) is 4.80. The fourth-order valence-corrected chi connectivity index (χ4v) is 4.17. The molecule has 2 unspecified atom stereocenters. The van der Waals surface area contributed by atoms with Crippen LogP contribution in [0.2, 0.25) is 0 Å². The first kappa shape index (κ1) is 15.3. The van der Waals surface area contributed by atoms with Crippen LogP contribution in [0.15, 0.2) is 16.7 Å². The largest absolute Gasteiger partial charge is 0.356 e. The number of rotatable bonds is 5. The number of hydrogen-bond acceptors (Lipinski definition) is 3. The monoisotopic (exact) mass is 351 g/mol. The summed E-state index contributed by atoms with van der Waals surface area (Å²) in [5.41, 5.74) is 1.32. The first-order valence-electron chi connectivity index (χ1n) is 8.23. The van der Waals surface area contributed by atoms with Gasteiger partial charge < -0.3 is 10.2 Å². The summed E-state index contributed by atoms with van der Waals surface area (Å²) in [5.74, 6) is 3.70. The van der Waals surface area contributed by atoms with Gasteiger partial charge in [-0.05, 0) is 59.1 Å². The summed E-state index contributed by atoms with van der Waals surface area (Å²) in [6.07, 6.45) is 6.20. The molecule has 2 fully saturated rings. The molecule has 4 heteroatoms. The van der Waals surface area contributed by atoms with E-state index in [9.17, 15) is 0 Å². The van der Waals surface area contributed by atoms with Crippen LogP contribution in [0.25, 0.3) is 0 Å². The van der Waals surface area contributed by atoms with E-state index in [1.807, 2.05) is 6.20 Å². The van der Waals surface area contributed by atoms with Gasteiger partial charge in [-0.1, -0.05) is 20.3 Å². The van der Waals surface area contributed by atoms with E-state index in [4.69, 9.17) is 4.98 Å². The molecule has 1 saturated heterocycles. The molecule has 0 spiro atoms. The second-order valence-corrected chi connectivity index (χ2v) is 7.93. The van der Waals surface area contributed by atoms with E-state index in [0.717, 1.165) is 29.4 Å². The minimum Gasteiger partial charge on any atom is -0.356 e. The lowest BCUT2D eigenvalue weighted by molar-refractivity contribution is 0.494. The van der Waals surface area contributed by atoms with Crippen LogP contribution in [0.4, 0.5) is 5.82 Å². The Bertz CT molecular complexity index is 477.